The van der Waals surface area contributed by atoms with Crippen molar-refractivity contribution in [1.82, 2.24) is 24.7 Å². The zero-order valence-corrected chi connectivity index (χ0v) is 14.5. The summed E-state index contributed by atoms with van der Waals surface area (Å²) in [7, 11) is 1.60. The smallest absolute Gasteiger partial charge is 0.273 e. The number of H-pyrrole nitrogens is 1. The predicted octanol–water partition coefficient (Wildman–Crippen LogP) is 2.92. The number of carbonyl (C=O) groups excluding carboxylic acids is 1. The lowest BCUT2D eigenvalue weighted by molar-refractivity contribution is 0.102. The van der Waals surface area contributed by atoms with Crippen LogP contribution in [0.1, 0.15) is 10.5 Å². The first-order valence-corrected chi connectivity index (χ1v) is 8.19. The molecule has 0 aliphatic rings. The van der Waals surface area contributed by atoms with Crippen LogP contribution in [0.15, 0.2) is 67.4 Å². The molecule has 0 fully saturated rings. The zero-order chi connectivity index (χ0) is 18.6. The highest BCUT2D eigenvalue weighted by Gasteiger charge is 2.14. The Bertz CT molecular complexity index is 1050. The molecule has 0 saturated carbocycles. The van der Waals surface area contributed by atoms with E-state index in [9.17, 15) is 4.79 Å². The van der Waals surface area contributed by atoms with E-state index in [1.54, 1.807) is 54.8 Å². The molecule has 134 valence electrons. The van der Waals surface area contributed by atoms with E-state index in [4.69, 9.17) is 4.74 Å². The number of pyridine rings is 1. The number of para-hydroxylation sites is 1. The van der Waals surface area contributed by atoms with Gasteiger partial charge in [0.15, 0.2) is 0 Å². The molecule has 0 bridgehead atoms. The number of hydrogen-bond donors (Lipinski definition) is 2. The van der Waals surface area contributed by atoms with E-state index in [2.05, 4.69) is 25.5 Å². The van der Waals surface area contributed by atoms with Gasteiger partial charge in [-0.3, -0.25) is 14.5 Å². The average Bonchev–Trinajstić information content (AvgIpc) is 3.41. The molecule has 3 aromatic heterocycles. The molecule has 0 aliphatic heterocycles. The Hall–Kier alpha value is -3.94. The third-order valence-corrected chi connectivity index (χ3v) is 3.98. The lowest BCUT2D eigenvalue weighted by Gasteiger charge is -2.05. The van der Waals surface area contributed by atoms with Gasteiger partial charge in [0.1, 0.15) is 23.6 Å². The van der Waals surface area contributed by atoms with Crippen LogP contribution < -0.4 is 10.1 Å². The highest BCUT2D eigenvalue weighted by atomic mass is 16.5. The standard InChI is InChI=1S/C19H16N6O2/c1-27-17-5-3-2-4-14(17)15-10-16(24-23-15)19(26)22-13-6-7-18(21-11-13)25-9-8-20-12-25/h2-12H,1H3,(H,22,26)(H,23,24). The molecule has 8 nitrogen and oxygen atoms in total. The van der Waals surface area contributed by atoms with Gasteiger partial charge in [-0.15, -0.1) is 0 Å². The van der Waals surface area contributed by atoms with Gasteiger partial charge >= 0.3 is 0 Å². The Morgan fingerprint density at radius 3 is 2.85 bits per heavy atom. The molecule has 3 heterocycles. The normalized spacial score (nSPS) is 10.6. The second-order valence-corrected chi connectivity index (χ2v) is 5.70. The minimum Gasteiger partial charge on any atom is -0.496 e. The first-order valence-electron chi connectivity index (χ1n) is 8.19. The third kappa shape index (κ3) is 3.40. The fraction of sp³-hybridized carbons (Fsp3) is 0.0526. The number of aromatic nitrogens is 5. The summed E-state index contributed by atoms with van der Waals surface area (Å²) in [6.07, 6.45) is 6.72. The topological polar surface area (TPSA) is 97.7 Å². The molecule has 0 radical (unpaired) electrons. The maximum absolute atomic E-state index is 12.5. The second-order valence-electron chi connectivity index (χ2n) is 5.70. The summed E-state index contributed by atoms with van der Waals surface area (Å²) in [4.78, 5) is 20.8. The van der Waals surface area contributed by atoms with Crippen LogP contribution in [-0.4, -0.2) is 37.7 Å². The van der Waals surface area contributed by atoms with E-state index in [1.165, 1.54) is 0 Å². The number of nitrogens with zero attached hydrogens (tertiary/aromatic N) is 4. The molecule has 8 heteroatoms. The number of methoxy groups -OCH3 is 1. The molecular weight excluding hydrogens is 344 g/mol. The van der Waals surface area contributed by atoms with Crippen molar-refractivity contribution in [3.63, 3.8) is 0 Å². The maximum atomic E-state index is 12.5. The number of imidazole rings is 1. The van der Waals surface area contributed by atoms with Crippen LogP contribution in [0.5, 0.6) is 5.75 Å². The minimum atomic E-state index is -0.305. The van der Waals surface area contributed by atoms with Gasteiger partial charge in [0.05, 0.1) is 24.7 Å². The SMILES string of the molecule is COc1ccccc1-c1cc(C(=O)Nc2ccc(-n3ccnc3)nc2)[nH]n1. The number of aromatic amines is 1. The zero-order valence-electron chi connectivity index (χ0n) is 14.5. The Labute approximate surface area is 154 Å². The van der Waals surface area contributed by atoms with Crippen LogP contribution >= 0.6 is 0 Å². The number of nitrogens with one attached hydrogen (secondary N) is 2. The van der Waals surface area contributed by atoms with Crippen molar-refractivity contribution in [1.29, 1.82) is 0 Å². The summed E-state index contributed by atoms with van der Waals surface area (Å²) in [6.45, 7) is 0. The number of amides is 1. The van der Waals surface area contributed by atoms with Crippen LogP contribution in [0.25, 0.3) is 17.1 Å². The number of benzene rings is 1. The van der Waals surface area contributed by atoms with Crippen molar-refractivity contribution < 1.29 is 9.53 Å². The first kappa shape index (κ1) is 16.5. The minimum absolute atomic E-state index is 0.305. The molecule has 4 aromatic rings. The van der Waals surface area contributed by atoms with Crippen LogP contribution in [-0.2, 0) is 0 Å². The summed E-state index contributed by atoms with van der Waals surface area (Å²) in [5.74, 6) is 1.10. The van der Waals surface area contributed by atoms with Crippen LogP contribution in [0.3, 0.4) is 0 Å². The lowest BCUT2D eigenvalue weighted by atomic mass is 10.1. The number of rotatable bonds is 5. The number of hydrogen-bond acceptors (Lipinski definition) is 5. The van der Waals surface area contributed by atoms with Crippen molar-refractivity contribution in [3.05, 3.63) is 73.1 Å². The first-order chi connectivity index (χ1) is 13.2. The highest BCUT2D eigenvalue weighted by molar-refractivity contribution is 6.03. The van der Waals surface area contributed by atoms with Crippen LogP contribution in [0, 0.1) is 0 Å². The van der Waals surface area contributed by atoms with Crippen LogP contribution in [0.2, 0.25) is 0 Å². The molecular formula is C19H16N6O2. The summed E-state index contributed by atoms with van der Waals surface area (Å²) >= 11 is 0. The van der Waals surface area contributed by atoms with E-state index in [1.807, 2.05) is 24.3 Å². The van der Waals surface area contributed by atoms with Crippen LogP contribution in [0.4, 0.5) is 5.69 Å². The van der Waals surface area contributed by atoms with E-state index < -0.39 is 0 Å². The maximum Gasteiger partial charge on any atom is 0.273 e. The Morgan fingerprint density at radius 1 is 1.22 bits per heavy atom. The molecule has 0 atom stereocenters. The fourth-order valence-corrected chi connectivity index (χ4v) is 2.64. The Morgan fingerprint density at radius 2 is 2.11 bits per heavy atom. The predicted molar refractivity (Wildman–Crippen MR) is 99.9 cm³/mol. The molecule has 0 saturated heterocycles. The lowest BCUT2D eigenvalue weighted by Crippen LogP contribution is -2.12. The van der Waals surface area contributed by atoms with E-state index >= 15 is 0 Å². The number of carbonyl (C=O) groups is 1. The fourth-order valence-electron chi connectivity index (χ4n) is 2.64. The van der Waals surface area contributed by atoms with Crippen molar-refractivity contribution in [2.45, 2.75) is 0 Å². The molecule has 0 unspecified atom stereocenters. The summed E-state index contributed by atoms with van der Waals surface area (Å²) in [5.41, 5.74) is 2.36. The molecule has 2 N–H and O–H groups in total. The average molecular weight is 360 g/mol. The molecule has 1 amide bonds. The van der Waals surface area contributed by atoms with Gasteiger partial charge in [-0.25, -0.2) is 9.97 Å². The van der Waals surface area contributed by atoms with Gasteiger partial charge in [0.25, 0.3) is 5.91 Å². The molecule has 1 aromatic carbocycles. The summed E-state index contributed by atoms with van der Waals surface area (Å²) < 4.78 is 7.12. The summed E-state index contributed by atoms with van der Waals surface area (Å²) in [5, 5.41) is 9.77. The third-order valence-electron chi connectivity index (χ3n) is 3.98. The summed E-state index contributed by atoms with van der Waals surface area (Å²) in [6, 6.07) is 12.7. The Balaban J connectivity index is 1.50. The van der Waals surface area contributed by atoms with Gasteiger partial charge in [0.2, 0.25) is 0 Å². The quantitative estimate of drug-likeness (QED) is 0.570. The molecule has 0 spiro atoms. The monoisotopic (exact) mass is 360 g/mol. The molecule has 0 aliphatic carbocycles. The van der Waals surface area contributed by atoms with Gasteiger partial charge in [0, 0.05) is 18.0 Å². The molecule has 27 heavy (non-hydrogen) atoms. The largest absolute Gasteiger partial charge is 0.496 e. The number of ether oxygens (including phenoxy) is 1. The second kappa shape index (κ2) is 7.12. The van der Waals surface area contributed by atoms with E-state index in [-0.39, 0.29) is 5.91 Å². The van der Waals surface area contributed by atoms with Gasteiger partial charge in [-0.1, -0.05) is 12.1 Å². The number of anilines is 1. The van der Waals surface area contributed by atoms with E-state index in [0.717, 1.165) is 5.56 Å². The van der Waals surface area contributed by atoms with Crippen molar-refractivity contribution in [2.75, 3.05) is 12.4 Å². The Kier molecular flexibility index (Phi) is 4.36. The van der Waals surface area contributed by atoms with Crippen molar-refractivity contribution >= 4 is 11.6 Å². The van der Waals surface area contributed by atoms with Gasteiger partial charge < -0.3 is 10.1 Å². The van der Waals surface area contributed by atoms with Crippen molar-refractivity contribution in [2.24, 2.45) is 0 Å². The van der Waals surface area contributed by atoms with Gasteiger partial charge in [-0.2, -0.15) is 5.10 Å². The van der Waals surface area contributed by atoms with Crippen molar-refractivity contribution in [3.8, 4) is 22.8 Å². The van der Waals surface area contributed by atoms with Gasteiger partial charge in [-0.05, 0) is 30.3 Å². The van der Waals surface area contributed by atoms with E-state index in [0.29, 0.717) is 28.6 Å². The molecule has 4 rings (SSSR count). The highest BCUT2D eigenvalue weighted by Crippen LogP contribution is 2.28.